The molecule has 3 aromatic heterocycles. The molecule has 0 nitrogen and oxygen atoms in total. The highest BCUT2D eigenvalue weighted by Crippen LogP contribution is 2.34. The van der Waals surface area contributed by atoms with Crippen LogP contribution in [0, 0.1) is 0 Å². The minimum Gasteiger partial charge on any atom is -0.149 e. The fraction of sp³-hybridized carbons (Fsp3) is 0.143. The highest BCUT2D eigenvalue weighted by atomic mass is 32.1. The summed E-state index contributed by atoms with van der Waals surface area (Å²) in [5.74, 6) is 0.536. The van der Waals surface area contributed by atoms with Gasteiger partial charge in [0.1, 0.15) is 0 Å². The fourth-order valence-corrected chi connectivity index (χ4v) is 4.47. The second kappa shape index (κ2) is 5.17. The molecule has 0 saturated carbocycles. The molecule has 0 aliphatic carbocycles. The SMILES string of the molecule is c1csc(CC(c2cccs2)c2cccs2)c1. The molecule has 0 radical (unpaired) electrons. The van der Waals surface area contributed by atoms with Gasteiger partial charge in [0.15, 0.2) is 0 Å². The van der Waals surface area contributed by atoms with Gasteiger partial charge in [-0.15, -0.1) is 34.0 Å². The van der Waals surface area contributed by atoms with Crippen molar-refractivity contribution >= 4 is 34.0 Å². The summed E-state index contributed by atoms with van der Waals surface area (Å²) >= 11 is 5.58. The molecule has 0 amide bonds. The van der Waals surface area contributed by atoms with Crippen LogP contribution in [0.5, 0.6) is 0 Å². The van der Waals surface area contributed by atoms with E-state index in [1.54, 1.807) is 0 Å². The van der Waals surface area contributed by atoms with Crippen LogP contribution in [-0.2, 0) is 6.42 Å². The molecule has 0 saturated heterocycles. The highest BCUT2D eigenvalue weighted by molar-refractivity contribution is 7.12. The van der Waals surface area contributed by atoms with Crippen molar-refractivity contribution in [3.63, 3.8) is 0 Å². The molecule has 0 aliphatic heterocycles. The molecule has 0 unspecified atom stereocenters. The number of hydrogen-bond donors (Lipinski definition) is 0. The van der Waals surface area contributed by atoms with Gasteiger partial charge in [-0.2, -0.15) is 0 Å². The van der Waals surface area contributed by atoms with Crippen molar-refractivity contribution in [1.82, 2.24) is 0 Å². The first-order chi connectivity index (χ1) is 8.43. The lowest BCUT2D eigenvalue weighted by atomic mass is 10.0. The van der Waals surface area contributed by atoms with Crippen molar-refractivity contribution < 1.29 is 0 Å². The largest absolute Gasteiger partial charge is 0.149 e. The topological polar surface area (TPSA) is 0 Å². The Balaban J connectivity index is 1.92. The van der Waals surface area contributed by atoms with E-state index in [0.29, 0.717) is 5.92 Å². The van der Waals surface area contributed by atoms with Gasteiger partial charge in [-0.05, 0) is 40.8 Å². The second-order valence-electron chi connectivity index (χ2n) is 3.87. The average Bonchev–Trinajstić information content (AvgIpc) is 3.09. The molecule has 3 heteroatoms. The molecule has 0 spiro atoms. The van der Waals surface area contributed by atoms with E-state index in [1.807, 2.05) is 34.0 Å². The van der Waals surface area contributed by atoms with Crippen molar-refractivity contribution in [3.05, 3.63) is 67.2 Å². The predicted octanol–water partition coefficient (Wildman–Crippen LogP) is 5.25. The molecule has 86 valence electrons. The molecule has 0 bridgehead atoms. The number of hydrogen-bond acceptors (Lipinski definition) is 3. The molecule has 0 aliphatic rings. The van der Waals surface area contributed by atoms with E-state index in [9.17, 15) is 0 Å². The summed E-state index contributed by atoms with van der Waals surface area (Å²) in [6.45, 7) is 0. The molecular weight excluding hydrogens is 264 g/mol. The van der Waals surface area contributed by atoms with Crippen LogP contribution in [0.25, 0.3) is 0 Å². The maximum atomic E-state index is 2.25. The Morgan fingerprint density at radius 1 is 0.765 bits per heavy atom. The van der Waals surface area contributed by atoms with Crippen LogP contribution >= 0.6 is 34.0 Å². The molecule has 0 aromatic carbocycles. The zero-order chi connectivity index (χ0) is 11.5. The van der Waals surface area contributed by atoms with Crippen molar-refractivity contribution in [2.24, 2.45) is 0 Å². The van der Waals surface area contributed by atoms with Crippen molar-refractivity contribution in [1.29, 1.82) is 0 Å². The Bertz CT molecular complexity index is 498. The molecule has 0 atom stereocenters. The Labute approximate surface area is 113 Å². The minimum absolute atomic E-state index is 0.536. The molecular formula is C14H12S3. The summed E-state index contributed by atoms with van der Waals surface area (Å²) in [5.41, 5.74) is 0. The molecule has 3 aromatic rings. The summed E-state index contributed by atoms with van der Waals surface area (Å²) in [6.07, 6.45) is 1.12. The Morgan fingerprint density at radius 2 is 1.35 bits per heavy atom. The lowest BCUT2D eigenvalue weighted by Gasteiger charge is -2.12. The molecule has 0 fully saturated rings. The van der Waals surface area contributed by atoms with Gasteiger partial charge in [-0.1, -0.05) is 18.2 Å². The second-order valence-corrected chi connectivity index (χ2v) is 6.86. The van der Waals surface area contributed by atoms with E-state index in [1.165, 1.54) is 14.6 Å². The molecule has 3 heterocycles. The van der Waals surface area contributed by atoms with Gasteiger partial charge in [0.2, 0.25) is 0 Å². The predicted molar refractivity (Wildman–Crippen MR) is 78.5 cm³/mol. The van der Waals surface area contributed by atoms with E-state index in [-0.39, 0.29) is 0 Å². The maximum absolute atomic E-state index is 2.25. The first-order valence-corrected chi connectivity index (χ1v) is 8.16. The Kier molecular flexibility index (Phi) is 3.41. The third-order valence-corrected chi connectivity index (χ3v) is 5.63. The van der Waals surface area contributed by atoms with E-state index in [4.69, 9.17) is 0 Å². The normalized spacial score (nSPS) is 11.1. The maximum Gasteiger partial charge on any atom is 0.0326 e. The van der Waals surface area contributed by atoms with Gasteiger partial charge in [0.25, 0.3) is 0 Å². The van der Waals surface area contributed by atoms with E-state index < -0.39 is 0 Å². The highest BCUT2D eigenvalue weighted by Gasteiger charge is 2.17. The third kappa shape index (κ3) is 2.51. The number of thiophene rings is 3. The molecule has 17 heavy (non-hydrogen) atoms. The lowest BCUT2D eigenvalue weighted by molar-refractivity contribution is 0.852. The van der Waals surface area contributed by atoms with Crippen LogP contribution in [0.2, 0.25) is 0 Å². The van der Waals surface area contributed by atoms with Gasteiger partial charge in [0.05, 0.1) is 0 Å². The third-order valence-electron chi connectivity index (χ3n) is 2.76. The van der Waals surface area contributed by atoms with Crippen LogP contribution in [-0.4, -0.2) is 0 Å². The lowest BCUT2D eigenvalue weighted by Crippen LogP contribution is -1.99. The van der Waals surface area contributed by atoms with Crippen LogP contribution in [0.1, 0.15) is 20.5 Å². The summed E-state index contributed by atoms with van der Waals surface area (Å²) in [5, 5.41) is 6.50. The first kappa shape index (κ1) is 11.2. The van der Waals surface area contributed by atoms with Crippen molar-refractivity contribution in [2.75, 3.05) is 0 Å². The quantitative estimate of drug-likeness (QED) is 0.611. The van der Waals surface area contributed by atoms with Crippen LogP contribution < -0.4 is 0 Å². The van der Waals surface area contributed by atoms with Gasteiger partial charge < -0.3 is 0 Å². The monoisotopic (exact) mass is 276 g/mol. The average molecular weight is 276 g/mol. The zero-order valence-corrected chi connectivity index (χ0v) is 11.7. The minimum atomic E-state index is 0.536. The number of rotatable bonds is 4. The first-order valence-electron chi connectivity index (χ1n) is 5.52. The van der Waals surface area contributed by atoms with E-state index >= 15 is 0 Å². The van der Waals surface area contributed by atoms with E-state index in [0.717, 1.165) is 6.42 Å². The van der Waals surface area contributed by atoms with Gasteiger partial charge >= 0.3 is 0 Å². The van der Waals surface area contributed by atoms with Gasteiger partial charge in [0, 0.05) is 20.5 Å². The van der Waals surface area contributed by atoms with Crippen molar-refractivity contribution in [2.45, 2.75) is 12.3 Å². The van der Waals surface area contributed by atoms with Crippen LogP contribution in [0.4, 0.5) is 0 Å². The van der Waals surface area contributed by atoms with E-state index in [2.05, 4.69) is 52.5 Å². The smallest absolute Gasteiger partial charge is 0.0326 e. The Hall–Kier alpha value is -0.900. The Morgan fingerprint density at radius 3 is 1.82 bits per heavy atom. The zero-order valence-electron chi connectivity index (χ0n) is 9.21. The van der Waals surface area contributed by atoms with Crippen LogP contribution in [0.15, 0.2) is 52.5 Å². The summed E-state index contributed by atoms with van der Waals surface area (Å²) in [7, 11) is 0. The summed E-state index contributed by atoms with van der Waals surface area (Å²) < 4.78 is 0. The fourth-order valence-electron chi connectivity index (χ4n) is 1.95. The van der Waals surface area contributed by atoms with Gasteiger partial charge in [-0.25, -0.2) is 0 Å². The standard InChI is InChI=1S/C14H12S3/c1-4-11(15-7-1)10-12(13-5-2-8-16-13)14-6-3-9-17-14/h1-9,12H,10H2. The molecule has 3 rings (SSSR count). The summed E-state index contributed by atoms with van der Waals surface area (Å²) in [4.78, 5) is 4.42. The molecule has 0 N–H and O–H groups in total. The summed E-state index contributed by atoms with van der Waals surface area (Å²) in [6, 6.07) is 13.2. The van der Waals surface area contributed by atoms with Crippen molar-refractivity contribution in [3.8, 4) is 0 Å². The van der Waals surface area contributed by atoms with Gasteiger partial charge in [-0.3, -0.25) is 0 Å². The van der Waals surface area contributed by atoms with Crippen LogP contribution in [0.3, 0.4) is 0 Å².